The molecule has 0 saturated carbocycles. The van der Waals surface area contributed by atoms with E-state index in [4.69, 9.17) is 0 Å². The molecule has 0 saturated heterocycles. The van der Waals surface area contributed by atoms with Crippen LogP contribution in [-0.4, -0.2) is 26.1 Å². The Balaban J connectivity index is 1.53. The molecule has 0 radical (unpaired) electrons. The fraction of sp³-hybridized carbons (Fsp3) is 0.263. The predicted molar refractivity (Wildman–Crippen MR) is 97.6 cm³/mol. The summed E-state index contributed by atoms with van der Waals surface area (Å²) in [5.74, 6) is 1.39. The van der Waals surface area contributed by atoms with E-state index in [-0.39, 0.29) is 0 Å². The maximum atomic E-state index is 4.49. The zero-order valence-corrected chi connectivity index (χ0v) is 14.0. The molecule has 5 heteroatoms. The van der Waals surface area contributed by atoms with Gasteiger partial charge in [0, 0.05) is 35.4 Å². The van der Waals surface area contributed by atoms with Crippen molar-refractivity contribution in [1.82, 2.24) is 19.6 Å². The summed E-state index contributed by atoms with van der Waals surface area (Å²) in [6, 6.07) is 10.4. The molecule has 0 atom stereocenters. The minimum absolute atomic E-state index is 0.413. The second-order valence-corrected chi connectivity index (χ2v) is 6.36. The van der Waals surface area contributed by atoms with Crippen molar-refractivity contribution in [3.63, 3.8) is 0 Å². The molecule has 3 heterocycles. The number of benzene rings is 1. The Hall–Kier alpha value is -2.82. The zero-order chi connectivity index (χ0) is 16.5. The molecule has 122 valence electrons. The maximum Gasteiger partial charge on any atom is 0.160 e. The number of para-hydroxylation sites is 1. The van der Waals surface area contributed by atoms with Gasteiger partial charge in [0.1, 0.15) is 5.82 Å². The normalized spacial score (nSPS) is 11.6. The first kappa shape index (κ1) is 14.8. The van der Waals surface area contributed by atoms with E-state index in [1.54, 1.807) is 0 Å². The number of hydrogen-bond donors (Lipinski definition) is 2. The lowest BCUT2D eigenvalue weighted by atomic mass is 10.1. The fourth-order valence-electron chi connectivity index (χ4n) is 3.11. The summed E-state index contributed by atoms with van der Waals surface area (Å²) >= 11 is 0. The van der Waals surface area contributed by atoms with Crippen LogP contribution < -0.4 is 5.32 Å². The molecule has 24 heavy (non-hydrogen) atoms. The van der Waals surface area contributed by atoms with Crippen LogP contribution in [0, 0.1) is 0 Å². The topological polar surface area (TPSA) is 58.0 Å². The Labute approximate surface area is 140 Å². The van der Waals surface area contributed by atoms with E-state index in [1.165, 1.54) is 22.0 Å². The summed E-state index contributed by atoms with van der Waals surface area (Å²) in [6.07, 6.45) is 6.81. The third-order valence-electron chi connectivity index (χ3n) is 4.43. The highest BCUT2D eigenvalue weighted by atomic mass is 15.3. The van der Waals surface area contributed by atoms with Gasteiger partial charge in [-0.3, -0.25) is 0 Å². The van der Waals surface area contributed by atoms with E-state index < -0.39 is 0 Å². The van der Waals surface area contributed by atoms with Gasteiger partial charge in [-0.15, -0.1) is 0 Å². The molecule has 0 aliphatic rings. The van der Waals surface area contributed by atoms with Gasteiger partial charge in [-0.2, -0.15) is 9.61 Å². The molecule has 2 N–H and O–H groups in total. The van der Waals surface area contributed by atoms with Gasteiger partial charge in [-0.25, -0.2) is 4.98 Å². The third kappa shape index (κ3) is 2.52. The lowest BCUT2D eigenvalue weighted by Crippen LogP contribution is -2.09. The SMILES string of the molecule is CC(C)c1cnn2c(NCCc3c[nH]c4ccccc34)ccnc12. The number of rotatable bonds is 5. The molecule has 0 bridgehead atoms. The van der Waals surface area contributed by atoms with Crippen LogP contribution in [-0.2, 0) is 6.42 Å². The number of nitrogens with one attached hydrogen (secondary N) is 2. The molecule has 0 aliphatic heterocycles. The van der Waals surface area contributed by atoms with Crippen molar-refractivity contribution in [1.29, 1.82) is 0 Å². The van der Waals surface area contributed by atoms with E-state index >= 15 is 0 Å². The van der Waals surface area contributed by atoms with Gasteiger partial charge < -0.3 is 10.3 Å². The lowest BCUT2D eigenvalue weighted by molar-refractivity contribution is 0.871. The Morgan fingerprint density at radius 2 is 2.08 bits per heavy atom. The van der Waals surface area contributed by atoms with E-state index in [0.29, 0.717) is 5.92 Å². The van der Waals surface area contributed by atoms with Crippen molar-refractivity contribution in [2.45, 2.75) is 26.2 Å². The number of aromatic amines is 1. The molecular weight excluding hydrogens is 298 g/mol. The minimum Gasteiger partial charge on any atom is -0.370 e. The van der Waals surface area contributed by atoms with Gasteiger partial charge in [0.2, 0.25) is 0 Å². The van der Waals surface area contributed by atoms with Gasteiger partial charge in [0.15, 0.2) is 5.65 Å². The van der Waals surface area contributed by atoms with Crippen molar-refractivity contribution >= 4 is 22.4 Å². The smallest absolute Gasteiger partial charge is 0.160 e. The monoisotopic (exact) mass is 319 g/mol. The third-order valence-corrected chi connectivity index (χ3v) is 4.43. The first-order valence-corrected chi connectivity index (χ1v) is 8.35. The number of fused-ring (bicyclic) bond motifs is 2. The first-order chi connectivity index (χ1) is 11.7. The first-order valence-electron chi connectivity index (χ1n) is 8.35. The molecular formula is C19H21N5. The zero-order valence-electron chi connectivity index (χ0n) is 14.0. The molecule has 4 aromatic rings. The second-order valence-electron chi connectivity index (χ2n) is 6.36. The largest absolute Gasteiger partial charge is 0.370 e. The summed E-state index contributed by atoms with van der Waals surface area (Å²) < 4.78 is 1.89. The van der Waals surface area contributed by atoms with Crippen LogP contribution in [0.5, 0.6) is 0 Å². The van der Waals surface area contributed by atoms with Crippen molar-refractivity contribution in [3.05, 3.63) is 60.0 Å². The lowest BCUT2D eigenvalue weighted by Gasteiger charge is -2.08. The minimum atomic E-state index is 0.413. The van der Waals surface area contributed by atoms with Gasteiger partial charge in [-0.05, 0) is 30.0 Å². The number of anilines is 1. The van der Waals surface area contributed by atoms with E-state index in [2.05, 4.69) is 64.7 Å². The van der Waals surface area contributed by atoms with Crippen molar-refractivity contribution in [2.24, 2.45) is 0 Å². The summed E-state index contributed by atoms with van der Waals surface area (Å²) in [5.41, 5.74) is 4.62. The quantitative estimate of drug-likeness (QED) is 0.585. The Morgan fingerprint density at radius 3 is 2.96 bits per heavy atom. The standard InChI is InChI=1S/C19H21N5/c1-13(2)16-12-23-24-18(8-10-21-19(16)24)20-9-7-14-11-22-17-6-4-3-5-15(14)17/h3-6,8,10-13,20,22H,7,9H2,1-2H3. The molecule has 0 fully saturated rings. The highest BCUT2D eigenvalue weighted by Gasteiger charge is 2.11. The average molecular weight is 319 g/mol. The van der Waals surface area contributed by atoms with Crippen molar-refractivity contribution < 1.29 is 0 Å². The number of H-pyrrole nitrogens is 1. The van der Waals surface area contributed by atoms with Crippen LogP contribution >= 0.6 is 0 Å². The molecule has 3 aromatic heterocycles. The molecule has 5 nitrogen and oxygen atoms in total. The van der Waals surface area contributed by atoms with Crippen LogP contribution in [0.4, 0.5) is 5.82 Å². The molecule has 4 rings (SSSR count). The van der Waals surface area contributed by atoms with Crippen LogP contribution in [0.1, 0.15) is 30.9 Å². The van der Waals surface area contributed by atoms with Gasteiger partial charge >= 0.3 is 0 Å². The molecule has 0 aliphatic carbocycles. The maximum absolute atomic E-state index is 4.49. The van der Waals surface area contributed by atoms with Crippen LogP contribution in [0.2, 0.25) is 0 Å². The molecule has 1 aromatic carbocycles. The van der Waals surface area contributed by atoms with Gasteiger partial charge in [-0.1, -0.05) is 32.0 Å². The Kier molecular flexibility index (Phi) is 3.69. The highest BCUT2D eigenvalue weighted by Crippen LogP contribution is 2.21. The van der Waals surface area contributed by atoms with Gasteiger partial charge in [0.05, 0.1) is 6.20 Å². The van der Waals surface area contributed by atoms with Gasteiger partial charge in [0.25, 0.3) is 0 Å². The van der Waals surface area contributed by atoms with E-state index in [0.717, 1.165) is 24.4 Å². The van der Waals surface area contributed by atoms with E-state index in [9.17, 15) is 0 Å². The molecule has 0 spiro atoms. The fourth-order valence-corrected chi connectivity index (χ4v) is 3.11. The second kappa shape index (κ2) is 6.00. The summed E-state index contributed by atoms with van der Waals surface area (Å²) in [6.45, 7) is 5.17. The van der Waals surface area contributed by atoms with E-state index in [1.807, 2.05) is 23.0 Å². The van der Waals surface area contributed by atoms with Crippen LogP contribution in [0.3, 0.4) is 0 Å². The summed E-state index contributed by atoms with van der Waals surface area (Å²) in [4.78, 5) is 7.80. The highest BCUT2D eigenvalue weighted by molar-refractivity contribution is 5.83. The van der Waals surface area contributed by atoms with Crippen molar-refractivity contribution in [2.75, 3.05) is 11.9 Å². The summed E-state index contributed by atoms with van der Waals surface area (Å²) in [7, 11) is 0. The molecule has 0 amide bonds. The summed E-state index contributed by atoms with van der Waals surface area (Å²) in [5, 5.41) is 9.27. The Morgan fingerprint density at radius 1 is 1.21 bits per heavy atom. The van der Waals surface area contributed by atoms with Crippen LogP contribution in [0.15, 0.2) is 48.9 Å². The molecule has 0 unspecified atom stereocenters. The number of nitrogens with zero attached hydrogens (tertiary/aromatic N) is 3. The average Bonchev–Trinajstić information content (AvgIpc) is 3.20. The van der Waals surface area contributed by atoms with Crippen LogP contribution in [0.25, 0.3) is 16.6 Å². The Bertz CT molecular complexity index is 980. The van der Waals surface area contributed by atoms with Crippen molar-refractivity contribution in [3.8, 4) is 0 Å². The predicted octanol–water partition coefficient (Wildman–Crippen LogP) is 3.99. The number of aromatic nitrogens is 4. The number of hydrogen-bond acceptors (Lipinski definition) is 3.